The lowest BCUT2D eigenvalue weighted by Gasteiger charge is -2.40. The fourth-order valence-corrected chi connectivity index (χ4v) is 3.93. The van der Waals surface area contributed by atoms with Gasteiger partial charge in [-0.1, -0.05) is 42.5 Å². The Balaban J connectivity index is 1.84. The number of rotatable bonds is 5. The van der Waals surface area contributed by atoms with E-state index in [1.54, 1.807) is 13.8 Å². The van der Waals surface area contributed by atoms with E-state index in [0.717, 1.165) is 11.3 Å². The molecule has 160 valence electrons. The smallest absolute Gasteiger partial charge is 0.231 e. The molecule has 0 saturated heterocycles. The molecule has 1 heterocycles. The van der Waals surface area contributed by atoms with Crippen LogP contribution >= 0.6 is 11.6 Å². The summed E-state index contributed by atoms with van der Waals surface area (Å²) in [7, 11) is 1.96. The normalized spacial score (nSPS) is 20.4. The third kappa shape index (κ3) is 3.98. The fraction of sp³-hybridized carbons (Fsp3) is 0.280. The van der Waals surface area contributed by atoms with Gasteiger partial charge < -0.3 is 15.0 Å². The highest BCUT2D eigenvalue weighted by atomic mass is 35.5. The molecule has 1 N–H and O–H groups in total. The number of allylic oxidation sites excluding steroid dienone is 5. The van der Waals surface area contributed by atoms with Crippen LogP contribution in [0.5, 0.6) is 5.75 Å². The molecule has 1 aliphatic heterocycles. The summed E-state index contributed by atoms with van der Waals surface area (Å²) in [5.41, 5.74) is 2.33. The number of carbonyl (C=O) groups excluding carboxylic acids is 2. The van der Waals surface area contributed by atoms with Crippen LogP contribution in [0.3, 0.4) is 0 Å². The number of nitrogens with one attached hydrogen (secondary N) is 1. The number of halogens is 1. The van der Waals surface area contributed by atoms with Crippen molar-refractivity contribution in [3.8, 4) is 5.75 Å². The molecule has 6 heteroatoms. The van der Waals surface area contributed by atoms with Crippen molar-refractivity contribution in [1.82, 2.24) is 10.2 Å². The molecule has 0 fully saturated rings. The number of hydrogen-bond donors (Lipinski definition) is 1. The van der Waals surface area contributed by atoms with Crippen LogP contribution in [0.1, 0.15) is 20.3 Å². The zero-order valence-corrected chi connectivity index (χ0v) is 18.6. The van der Waals surface area contributed by atoms with Gasteiger partial charge in [0, 0.05) is 24.2 Å². The van der Waals surface area contributed by atoms with Crippen LogP contribution in [0.2, 0.25) is 0 Å². The second-order valence-electron chi connectivity index (χ2n) is 8.50. The second kappa shape index (κ2) is 8.23. The topological polar surface area (TPSA) is 58.6 Å². The van der Waals surface area contributed by atoms with Crippen molar-refractivity contribution in [2.24, 2.45) is 5.41 Å². The van der Waals surface area contributed by atoms with Crippen LogP contribution in [0.15, 0.2) is 89.0 Å². The Morgan fingerprint density at radius 1 is 1.26 bits per heavy atom. The van der Waals surface area contributed by atoms with E-state index < -0.39 is 5.41 Å². The molecule has 4 rings (SSSR count). The Morgan fingerprint density at radius 3 is 2.71 bits per heavy atom. The molecule has 1 unspecified atom stereocenters. The highest BCUT2D eigenvalue weighted by molar-refractivity contribution is 6.20. The maximum atomic E-state index is 13.2. The fourth-order valence-electron chi connectivity index (χ4n) is 3.81. The number of para-hydroxylation sites is 1. The summed E-state index contributed by atoms with van der Waals surface area (Å²) in [6.45, 7) is 3.56. The van der Waals surface area contributed by atoms with E-state index in [0.29, 0.717) is 17.0 Å². The third-order valence-electron chi connectivity index (χ3n) is 5.67. The largest absolute Gasteiger partial charge is 0.453 e. The summed E-state index contributed by atoms with van der Waals surface area (Å²) in [5.74, 6) is 0.663. The van der Waals surface area contributed by atoms with Crippen molar-refractivity contribution >= 4 is 23.3 Å². The molecule has 5 nitrogen and oxygen atoms in total. The zero-order chi connectivity index (χ0) is 22.2. The molecule has 0 bridgehead atoms. The molecule has 0 spiro atoms. The van der Waals surface area contributed by atoms with Crippen molar-refractivity contribution in [3.05, 3.63) is 89.0 Å². The monoisotopic (exact) mass is 436 g/mol. The minimum absolute atomic E-state index is 0.0165. The molecular formula is C25H25ClN2O3. The first-order valence-corrected chi connectivity index (χ1v) is 10.8. The Kier molecular flexibility index (Phi) is 5.63. The summed E-state index contributed by atoms with van der Waals surface area (Å²) < 4.78 is 6.06. The van der Waals surface area contributed by atoms with Crippen LogP contribution in [-0.4, -0.2) is 35.6 Å². The first-order valence-electron chi connectivity index (χ1n) is 10.2. The number of ether oxygens (including phenoxy) is 1. The summed E-state index contributed by atoms with van der Waals surface area (Å²) in [4.78, 5) is 28.1. The number of benzene rings is 1. The van der Waals surface area contributed by atoms with Crippen molar-refractivity contribution in [1.29, 1.82) is 0 Å². The number of ketones is 1. The van der Waals surface area contributed by atoms with Crippen molar-refractivity contribution < 1.29 is 14.3 Å². The number of carbonyl (C=O) groups is 2. The van der Waals surface area contributed by atoms with Gasteiger partial charge in [-0.2, -0.15) is 0 Å². The predicted octanol–water partition coefficient (Wildman–Crippen LogP) is 4.25. The second-order valence-corrected chi connectivity index (χ2v) is 8.77. The molecule has 1 aromatic carbocycles. The Hall–Kier alpha value is -3.05. The van der Waals surface area contributed by atoms with Gasteiger partial charge in [0.2, 0.25) is 11.7 Å². The van der Waals surface area contributed by atoms with E-state index in [1.165, 1.54) is 0 Å². The average Bonchev–Trinajstić information content (AvgIpc) is 2.77. The van der Waals surface area contributed by atoms with Crippen molar-refractivity contribution in [2.45, 2.75) is 26.3 Å². The van der Waals surface area contributed by atoms with Gasteiger partial charge in [-0.25, -0.2) is 0 Å². The maximum Gasteiger partial charge on any atom is 0.231 e. The number of alkyl halides is 1. The Labute approximate surface area is 187 Å². The number of fused-ring (bicyclic) bond motifs is 2. The van der Waals surface area contributed by atoms with Gasteiger partial charge in [0.15, 0.2) is 5.76 Å². The standard InChI is InChI=1S/C25H25ClN2O3/c1-25(2,15-26)24(30)27-19-14-21(29)23(31-17-10-5-4-6-11-17)18-13-16-9-7-8-12-20(16)28(3)22(18)19/h4-13,20H,14-15H2,1-3H3,(H,27,30). The highest BCUT2D eigenvalue weighted by Gasteiger charge is 2.38. The zero-order valence-electron chi connectivity index (χ0n) is 17.8. The summed E-state index contributed by atoms with van der Waals surface area (Å²) in [6.07, 6.45) is 10.1. The third-order valence-corrected chi connectivity index (χ3v) is 6.34. The van der Waals surface area contributed by atoms with E-state index in [9.17, 15) is 9.59 Å². The van der Waals surface area contributed by atoms with E-state index in [4.69, 9.17) is 16.3 Å². The van der Waals surface area contributed by atoms with Gasteiger partial charge in [-0.15, -0.1) is 11.6 Å². The maximum absolute atomic E-state index is 13.2. The lowest BCUT2D eigenvalue weighted by molar-refractivity contribution is -0.127. The summed E-state index contributed by atoms with van der Waals surface area (Å²) in [5, 5.41) is 2.98. The molecule has 3 aliphatic rings. The molecule has 31 heavy (non-hydrogen) atoms. The number of hydrogen-bond acceptors (Lipinski definition) is 4. The Morgan fingerprint density at radius 2 is 2.00 bits per heavy atom. The lowest BCUT2D eigenvalue weighted by atomic mass is 9.86. The van der Waals surface area contributed by atoms with Gasteiger partial charge in [0.25, 0.3) is 0 Å². The van der Waals surface area contributed by atoms with Crippen LogP contribution in [-0.2, 0) is 9.59 Å². The molecule has 0 saturated carbocycles. The molecule has 1 aromatic rings. The highest BCUT2D eigenvalue weighted by Crippen LogP contribution is 2.39. The van der Waals surface area contributed by atoms with Crippen LogP contribution in [0, 0.1) is 5.41 Å². The summed E-state index contributed by atoms with van der Waals surface area (Å²) >= 11 is 6.00. The van der Waals surface area contributed by atoms with Gasteiger partial charge in [0.05, 0.1) is 23.6 Å². The van der Waals surface area contributed by atoms with E-state index in [-0.39, 0.29) is 35.8 Å². The van der Waals surface area contributed by atoms with Gasteiger partial charge in [0.1, 0.15) is 5.75 Å². The average molecular weight is 437 g/mol. The number of likely N-dealkylation sites (N-methyl/N-ethyl adjacent to an activating group) is 1. The molecule has 0 aromatic heterocycles. The first-order chi connectivity index (χ1) is 14.8. The van der Waals surface area contributed by atoms with Crippen molar-refractivity contribution in [2.75, 3.05) is 12.9 Å². The molecular weight excluding hydrogens is 412 g/mol. The quantitative estimate of drug-likeness (QED) is 0.701. The van der Waals surface area contributed by atoms with Crippen LogP contribution < -0.4 is 10.1 Å². The first kappa shape index (κ1) is 21.2. The predicted molar refractivity (Wildman–Crippen MR) is 121 cm³/mol. The minimum Gasteiger partial charge on any atom is -0.453 e. The van der Waals surface area contributed by atoms with E-state index in [1.807, 2.05) is 61.7 Å². The number of nitrogens with zero attached hydrogens (tertiary/aromatic N) is 1. The van der Waals surface area contributed by atoms with Gasteiger partial charge in [-0.3, -0.25) is 9.59 Å². The van der Waals surface area contributed by atoms with Gasteiger partial charge in [-0.05, 0) is 37.6 Å². The molecule has 1 amide bonds. The van der Waals surface area contributed by atoms with Crippen LogP contribution in [0.25, 0.3) is 0 Å². The van der Waals surface area contributed by atoms with E-state index >= 15 is 0 Å². The van der Waals surface area contributed by atoms with Crippen LogP contribution in [0.4, 0.5) is 0 Å². The minimum atomic E-state index is -0.759. The number of amides is 1. The molecule has 1 atom stereocenters. The van der Waals surface area contributed by atoms with E-state index in [2.05, 4.69) is 16.3 Å². The van der Waals surface area contributed by atoms with Crippen molar-refractivity contribution in [3.63, 3.8) is 0 Å². The Bertz CT molecular complexity index is 1080. The summed E-state index contributed by atoms with van der Waals surface area (Å²) in [6, 6.07) is 9.27. The van der Waals surface area contributed by atoms with Gasteiger partial charge >= 0.3 is 0 Å². The number of Topliss-reactive ketones (excluding diaryl/α,β-unsaturated/α-hetero) is 1. The molecule has 0 radical (unpaired) electrons. The lowest BCUT2D eigenvalue weighted by Crippen LogP contribution is -2.44. The SMILES string of the molecule is CN1C2=C(NC(=O)C(C)(C)CCl)CC(=O)C(Oc3ccccc3)=C2C=C2C=CC=CC21. The molecule has 2 aliphatic carbocycles.